The minimum atomic E-state index is 0.742. The maximum atomic E-state index is 3.73. The Kier molecular flexibility index (Phi) is 5.30. The Morgan fingerprint density at radius 2 is 1.94 bits per heavy atom. The second kappa shape index (κ2) is 6.75. The Labute approximate surface area is 107 Å². The Morgan fingerprint density at radius 3 is 2.65 bits per heavy atom. The highest BCUT2D eigenvalue weighted by Crippen LogP contribution is 2.27. The molecule has 0 radical (unpaired) electrons. The molecular weight excluding hydrogens is 208 g/mol. The second-order valence-electron chi connectivity index (χ2n) is 6.18. The van der Waals surface area contributed by atoms with Crippen molar-refractivity contribution >= 4 is 0 Å². The van der Waals surface area contributed by atoms with E-state index < -0.39 is 0 Å². The molecule has 2 fully saturated rings. The number of nitrogens with one attached hydrogen (secondary N) is 1. The van der Waals surface area contributed by atoms with E-state index in [1.807, 2.05) is 0 Å². The molecule has 0 spiro atoms. The summed E-state index contributed by atoms with van der Waals surface area (Å²) in [5.74, 6) is 0.998. The second-order valence-corrected chi connectivity index (χ2v) is 6.18. The van der Waals surface area contributed by atoms with Crippen molar-refractivity contribution in [2.45, 2.75) is 70.9 Å². The van der Waals surface area contributed by atoms with Crippen molar-refractivity contribution in [1.29, 1.82) is 0 Å². The molecule has 2 nitrogen and oxygen atoms in total. The fraction of sp³-hybridized carbons (Fsp3) is 1.00. The molecule has 1 aliphatic heterocycles. The zero-order chi connectivity index (χ0) is 12.1. The molecule has 2 unspecified atom stereocenters. The highest BCUT2D eigenvalue weighted by molar-refractivity contribution is 4.83. The zero-order valence-corrected chi connectivity index (χ0v) is 11.8. The van der Waals surface area contributed by atoms with Crippen LogP contribution in [0.15, 0.2) is 0 Å². The lowest BCUT2D eigenvalue weighted by Gasteiger charge is -2.31. The van der Waals surface area contributed by atoms with Crippen molar-refractivity contribution in [3.63, 3.8) is 0 Å². The van der Waals surface area contributed by atoms with Gasteiger partial charge in [0.2, 0.25) is 0 Å². The van der Waals surface area contributed by atoms with Crippen LogP contribution < -0.4 is 5.32 Å². The minimum absolute atomic E-state index is 0.742. The smallest absolute Gasteiger partial charge is 0.0195 e. The molecule has 1 N–H and O–H groups in total. The Morgan fingerprint density at radius 1 is 1.18 bits per heavy atom. The molecule has 1 aliphatic carbocycles. The standard InChI is InChI=1S/C15H30N2/c1-3-6-15-12-17(13(2)9-10-16-15)11-14-7-4-5-8-14/h13-16H,3-12H2,1-2H3. The summed E-state index contributed by atoms with van der Waals surface area (Å²) in [6, 6.07) is 1.52. The van der Waals surface area contributed by atoms with Crippen LogP contribution in [-0.4, -0.2) is 36.6 Å². The van der Waals surface area contributed by atoms with Crippen molar-refractivity contribution in [2.75, 3.05) is 19.6 Å². The molecule has 1 heterocycles. The molecule has 2 heteroatoms. The number of hydrogen-bond acceptors (Lipinski definition) is 2. The number of rotatable bonds is 4. The van der Waals surface area contributed by atoms with Crippen molar-refractivity contribution in [1.82, 2.24) is 10.2 Å². The van der Waals surface area contributed by atoms with Crippen LogP contribution in [0, 0.1) is 5.92 Å². The summed E-state index contributed by atoms with van der Waals surface area (Å²) in [7, 11) is 0. The molecule has 0 bridgehead atoms. The van der Waals surface area contributed by atoms with Gasteiger partial charge in [0, 0.05) is 25.2 Å². The predicted octanol–water partition coefficient (Wildman–Crippen LogP) is 3.03. The number of hydrogen-bond donors (Lipinski definition) is 1. The molecule has 17 heavy (non-hydrogen) atoms. The molecule has 100 valence electrons. The van der Waals surface area contributed by atoms with Crippen LogP contribution in [0.2, 0.25) is 0 Å². The van der Waals surface area contributed by atoms with Gasteiger partial charge in [0.15, 0.2) is 0 Å². The summed E-state index contributed by atoms with van der Waals surface area (Å²) in [4.78, 5) is 2.77. The molecule has 0 amide bonds. The molecule has 1 saturated heterocycles. The maximum absolute atomic E-state index is 3.73. The van der Waals surface area contributed by atoms with Gasteiger partial charge in [-0.1, -0.05) is 26.2 Å². The van der Waals surface area contributed by atoms with Gasteiger partial charge in [-0.25, -0.2) is 0 Å². The first-order valence-corrected chi connectivity index (χ1v) is 7.77. The molecule has 0 aromatic rings. The Balaban J connectivity index is 1.86. The summed E-state index contributed by atoms with van der Waals surface area (Å²) >= 11 is 0. The van der Waals surface area contributed by atoms with Gasteiger partial charge in [0.25, 0.3) is 0 Å². The van der Waals surface area contributed by atoms with Crippen LogP contribution in [0.1, 0.15) is 58.8 Å². The van der Waals surface area contributed by atoms with Gasteiger partial charge < -0.3 is 5.32 Å². The van der Waals surface area contributed by atoms with Gasteiger partial charge in [-0.2, -0.15) is 0 Å². The van der Waals surface area contributed by atoms with Crippen LogP contribution in [-0.2, 0) is 0 Å². The third kappa shape index (κ3) is 3.96. The van der Waals surface area contributed by atoms with Crippen LogP contribution in [0.3, 0.4) is 0 Å². The molecule has 0 aromatic carbocycles. The minimum Gasteiger partial charge on any atom is -0.313 e. The molecular formula is C15H30N2. The maximum Gasteiger partial charge on any atom is 0.0195 e. The molecule has 2 rings (SSSR count). The third-order valence-corrected chi connectivity index (χ3v) is 4.68. The summed E-state index contributed by atoms with van der Waals surface area (Å²) in [5, 5.41) is 3.73. The van der Waals surface area contributed by atoms with E-state index in [1.54, 1.807) is 0 Å². The van der Waals surface area contributed by atoms with E-state index in [0.717, 1.165) is 18.0 Å². The van der Waals surface area contributed by atoms with Gasteiger partial charge in [-0.3, -0.25) is 4.90 Å². The summed E-state index contributed by atoms with van der Waals surface area (Å²) in [6.45, 7) is 8.59. The van der Waals surface area contributed by atoms with E-state index in [-0.39, 0.29) is 0 Å². The van der Waals surface area contributed by atoms with E-state index in [4.69, 9.17) is 0 Å². The highest BCUT2D eigenvalue weighted by Gasteiger charge is 2.25. The average Bonchev–Trinajstić information content (AvgIpc) is 2.74. The quantitative estimate of drug-likeness (QED) is 0.810. The average molecular weight is 238 g/mol. The van der Waals surface area contributed by atoms with Crippen molar-refractivity contribution in [3.05, 3.63) is 0 Å². The zero-order valence-electron chi connectivity index (χ0n) is 11.8. The summed E-state index contributed by atoms with van der Waals surface area (Å²) < 4.78 is 0. The lowest BCUT2D eigenvalue weighted by Crippen LogP contribution is -2.42. The largest absolute Gasteiger partial charge is 0.313 e. The molecule has 2 atom stereocenters. The van der Waals surface area contributed by atoms with Crippen LogP contribution >= 0.6 is 0 Å². The Hall–Kier alpha value is -0.0800. The molecule has 0 aromatic heterocycles. The SMILES string of the molecule is CCCC1CN(CC2CCCC2)C(C)CCN1. The number of nitrogens with zero attached hydrogens (tertiary/aromatic N) is 1. The predicted molar refractivity (Wildman–Crippen MR) is 74.3 cm³/mol. The first-order chi connectivity index (χ1) is 8.29. The van der Waals surface area contributed by atoms with Crippen LogP contribution in [0.25, 0.3) is 0 Å². The van der Waals surface area contributed by atoms with E-state index in [1.165, 1.54) is 64.6 Å². The van der Waals surface area contributed by atoms with Gasteiger partial charge in [-0.05, 0) is 45.1 Å². The Bertz CT molecular complexity index is 211. The summed E-state index contributed by atoms with van der Waals surface area (Å²) in [5.41, 5.74) is 0. The van der Waals surface area contributed by atoms with Crippen molar-refractivity contribution < 1.29 is 0 Å². The van der Waals surface area contributed by atoms with Gasteiger partial charge in [-0.15, -0.1) is 0 Å². The van der Waals surface area contributed by atoms with Gasteiger partial charge in [0.05, 0.1) is 0 Å². The fourth-order valence-electron chi connectivity index (χ4n) is 3.53. The third-order valence-electron chi connectivity index (χ3n) is 4.68. The molecule has 1 saturated carbocycles. The normalized spacial score (nSPS) is 32.8. The van der Waals surface area contributed by atoms with Crippen molar-refractivity contribution in [3.8, 4) is 0 Å². The first-order valence-electron chi connectivity index (χ1n) is 7.77. The first kappa shape index (κ1) is 13.4. The fourth-order valence-corrected chi connectivity index (χ4v) is 3.53. The van der Waals surface area contributed by atoms with Gasteiger partial charge >= 0.3 is 0 Å². The lowest BCUT2D eigenvalue weighted by atomic mass is 10.1. The van der Waals surface area contributed by atoms with Gasteiger partial charge in [0.1, 0.15) is 0 Å². The topological polar surface area (TPSA) is 15.3 Å². The van der Waals surface area contributed by atoms with E-state index in [2.05, 4.69) is 24.1 Å². The van der Waals surface area contributed by atoms with E-state index >= 15 is 0 Å². The highest BCUT2D eigenvalue weighted by atomic mass is 15.2. The molecule has 2 aliphatic rings. The van der Waals surface area contributed by atoms with Crippen LogP contribution in [0.4, 0.5) is 0 Å². The monoisotopic (exact) mass is 238 g/mol. The van der Waals surface area contributed by atoms with Crippen molar-refractivity contribution in [2.24, 2.45) is 5.92 Å². The van der Waals surface area contributed by atoms with Crippen LogP contribution in [0.5, 0.6) is 0 Å². The lowest BCUT2D eigenvalue weighted by molar-refractivity contribution is 0.172. The summed E-state index contributed by atoms with van der Waals surface area (Å²) in [6.07, 6.45) is 9.89. The van der Waals surface area contributed by atoms with E-state index in [0.29, 0.717) is 0 Å². The van der Waals surface area contributed by atoms with E-state index in [9.17, 15) is 0 Å².